The summed E-state index contributed by atoms with van der Waals surface area (Å²) in [5, 5.41) is 6.77. The minimum absolute atomic E-state index is 0.366. The van der Waals surface area contributed by atoms with Crippen LogP contribution in [0.25, 0.3) is 21.3 Å². The topological polar surface area (TPSA) is 37.8 Å². The maximum absolute atomic E-state index is 4.60. The lowest BCUT2D eigenvalue weighted by Crippen LogP contribution is -2.07. The molecular weight excluding hydrogens is 278 g/mol. The van der Waals surface area contributed by atoms with Gasteiger partial charge < -0.3 is 5.32 Å². The number of aromatic nitrogens is 2. The smallest absolute Gasteiger partial charge is 0.133 e. The van der Waals surface area contributed by atoms with Gasteiger partial charge in [-0.25, -0.2) is 9.97 Å². The Morgan fingerprint density at radius 3 is 2.81 bits per heavy atom. The van der Waals surface area contributed by atoms with Crippen LogP contribution in [0.1, 0.15) is 32.3 Å². The zero-order valence-electron chi connectivity index (χ0n) is 12.6. The molecule has 0 aliphatic rings. The minimum Gasteiger partial charge on any atom is -0.370 e. The lowest BCUT2D eigenvalue weighted by Gasteiger charge is -2.17. The van der Waals surface area contributed by atoms with Crippen molar-refractivity contribution in [2.75, 3.05) is 11.9 Å². The molecule has 0 saturated heterocycles. The Hall–Kier alpha value is -1.94. The molecule has 4 heteroatoms. The largest absolute Gasteiger partial charge is 0.370 e. The van der Waals surface area contributed by atoms with Crippen molar-refractivity contribution < 1.29 is 0 Å². The van der Waals surface area contributed by atoms with Gasteiger partial charge in [0.1, 0.15) is 12.1 Å². The van der Waals surface area contributed by atoms with Gasteiger partial charge in [-0.3, -0.25) is 0 Å². The van der Waals surface area contributed by atoms with E-state index in [1.165, 1.54) is 21.2 Å². The van der Waals surface area contributed by atoms with Gasteiger partial charge in [-0.15, -0.1) is 11.3 Å². The van der Waals surface area contributed by atoms with Gasteiger partial charge in [-0.1, -0.05) is 32.0 Å². The molecule has 0 bridgehead atoms. The summed E-state index contributed by atoms with van der Waals surface area (Å²) >= 11 is 1.77. The first kappa shape index (κ1) is 14.0. The molecule has 2 heterocycles. The summed E-state index contributed by atoms with van der Waals surface area (Å²) in [4.78, 5) is 9.02. The first-order chi connectivity index (χ1) is 10.2. The van der Waals surface area contributed by atoms with E-state index >= 15 is 0 Å². The summed E-state index contributed by atoms with van der Waals surface area (Å²) in [5.41, 5.74) is 3.44. The van der Waals surface area contributed by atoms with Gasteiger partial charge in [0, 0.05) is 22.4 Å². The zero-order valence-corrected chi connectivity index (χ0v) is 13.4. The van der Waals surface area contributed by atoms with Gasteiger partial charge in [0.05, 0.1) is 5.69 Å². The van der Waals surface area contributed by atoms with Gasteiger partial charge in [-0.2, -0.15) is 0 Å². The average molecular weight is 297 g/mol. The molecule has 21 heavy (non-hydrogen) atoms. The second-order valence-electron chi connectivity index (χ2n) is 5.31. The number of anilines is 1. The summed E-state index contributed by atoms with van der Waals surface area (Å²) in [5.74, 6) is 1.32. The van der Waals surface area contributed by atoms with Crippen LogP contribution < -0.4 is 5.32 Å². The molecule has 0 atom stereocenters. The maximum Gasteiger partial charge on any atom is 0.133 e. The standard InChI is InChI=1S/C17H19N3S/c1-4-18-17-14(11(2)3)15(19-10-20-17)13-7-5-6-12-8-9-21-16(12)13/h5-11H,4H2,1-3H3,(H,18,19,20). The Bertz CT molecular complexity index is 762. The Morgan fingerprint density at radius 2 is 2.05 bits per heavy atom. The Kier molecular flexibility index (Phi) is 3.88. The van der Waals surface area contributed by atoms with E-state index in [9.17, 15) is 0 Å². The van der Waals surface area contributed by atoms with Crippen molar-refractivity contribution in [2.24, 2.45) is 0 Å². The molecule has 0 radical (unpaired) electrons. The van der Waals surface area contributed by atoms with Crippen molar-refractivity contribution in [1.29, 1.82) is 0 Å². The highest BCUT2D eigenvalue weighted by molar-refractivity contribution is 7.17. The van der Waals surface area contributed by atoms with Crippen LogP contribution in [0, 0.1) is 0 Å². The van der Waals surface area contributed by atoms with Crippen LogP contribution in [-0.4, -0.2) is 16.5 Å². The van der Waals surface area contributed by atoms with E-state index in [4.69, 9.17) is 0 Å². The van der Waals surface area contributed by atoms with E-state index in [2.05, 4.69) is 65.7 Å². The maximum atomic E-state index is 4.60. The molecule has 0 aliphatic carbocycles. The Labute approximate surface area is 129 Å². The number of thiophene rings is 1. The van der Waals surface area contributed by atoms with Crippen molar-refractivity contribution in [3.63, 3.8) is 0 Å². The van der Waals surface area contributed by atoms with Crippen LogP contribution >= 0.6 is 11.3 Å². The monoisotopic (exact) mass is 297 g/mol. The third-order valence-corrected chi connectivity index (χ3v) is 4.50. The molecule has 0 aliphatic heterocycles. The number of fused-ring (bicyclic) bond motifs is 1. The van der Waals surface area contributed by atoms with E-state index in [-0.39, 0.29) is 0 Å². The predicted octanol–water partition coefficient (Wildman–Crippen LogP) is 4.91. The normalized spacial score (nSPS) is 11.2. The SMILES string of the molecule is CCNc1ncnc(-c2cccc3ccsc23)c1C(C)C. The number of nitrogens with one attached hydrogen (secondary N) is 1. The van der Waals surface area contributed by atoms with Crippen LogP contribution in [-0.2, 0) is 0 Å². The summed E-state index contributed by atoms with van der Waals surface area (Å²) < 4.78 is 1.29. The molecule has 3 aromatic rings. The molecule has 3 nitrogen and oxygen atoms in total. The summed E-state index contributed by atoms with van der Waals surface area (Å²) in [7, 11) is 0. The van der Waals surface area contributed by atoms with E-state index in [0.29, 0.717) is 5.92 Å². The second-order valence-corrected chi connectivity index (χ2v) is 6.23. The Morgan fingerprint density at radius 1 is 1.19 bits per heavy atom. The summed E-state index contributed by atoms with van der Waals surface area (Å²) in [6.45, 7) is 7.33. The quantitative estimate of drug-likeness (QED) is 0.743. The molecule has 0 amide bonds. The molecular formula is C17H19N3S. The van der Waals surface area contributed by atoms with E-state index in [0.717, 1.165) is 18.1 Å². The fraction of sp³-hybridized carbons (Fsp3) is 0.294. The van der Waals surface area contributed by atoms with Crippen LogP contribution in [0.5, 0.6) is 0 Å². The minimum atomic E-state index is 0.366. The number of nitrogens with zero attached hydrogens (tertiary/aromatic N) is 2. The molecule has 0 fully saturated rings. The molecule has 108 valence electrons. The van der Waals surface area contributed by atoms with Crippen molar-refractivity contribution in [2.45, 2.75) is 26.7 Å². The van der Waals surface area contributed by atoms with E-state index < -0.39 is 0 Å². The average Bonchev–Trinajstić information content (AvgIpc) is 2.95. The fourth-order valence-electron chi connectivity index (χ4n) is 2.64. The summed E-state index contributed by atoms with van der Waals surface area (Å²) in [6, 6.07) is 8.56. The lowest BCUT2D eigenvalue weighted by molar-refractivity contribution is 0.849. The first-order valence-electron chi connectivity index (χ1n) is 7.27. The first-order valence-corrected chi connectivity index (χ1v) is 8.15. The predicted molar refractivity (Wildman–Crippen MR) is 91.1 cm³/mol. The molecule has 0 saturated carbocycles. The lowest BCUT2D eigenvalue weighted by atomic mass is 9.97. The van der Waals surface area contributed by atoms with Gasteiger partial charge in [0.25, 0.3) is 0 Å². The molecule has 3 rings (SSSR count). The number of hydrogen-bond acceptors (Lipinski definition) is 4. The van der Waals surface area contributed by atoms with Gasteiger partial charge in [-0.05, 0) is 29.7 Å². The van der Waals surface area contributed by atoms with Gasteiger partial charge in [0.15, 0.2) is 0 Å². The highest BCUT2D eigenvalue weighted by atomic mass is 32.1. The van der Waals surface area contributed by atoms with E-state index in [1.807, 2.05) is 0 Å². The summed E-state index contributed by atoms with van der Waals surface area (Å²) in [6.07, 6.45) is 1.66. The molecule has 1 aromatic carbocycles. The second kappa shape index (κ2) is 5.82. The molecule has 1 N–H and O–H groups in total. The molecule has 2 aromatic heterocycles. The third kappa shape index (κ3) is 2.51. The number of benzene rings is 1. The van der Waals surface area contributed by atoms with Crippen LogP contribution in [0.4, 0.5) is 5.82 Å². The molecule has 0 unspecified atom stereocenters. The van der Waals surface area contributed by atoms with Gasteiger partial charge in [0.2, 0.25) is 0 Å². The third-order valence-electron chi connectivity index (χ3n) is 3.54. The van der Waals surface area contributed by atoms with E-state index in [1.54, 1.807) is 17.7 Å². The van der Waals surface area contributed by atoms with Crippen molar-refractivity contribution in [3.8, 4) is 11.3 Å². The molecule has 0 spiro atoms. The number of hydrogen-bond donors (Lipinski definition) is 1. The highest BCUT2D eigenvalue weighted by Crippen LogP contribution is 2.37. The van der Waals surface area contributed by atoms with Crippen molar-refractivity contribution in [1.82, 2.24) is 9.97 Å². The van der Waals surface area contributed by atoms with Crippen molar-refractivity contribution in [3.05, 3.63) is 41.5 Å². The van der Waals surface area contributed by atoms with Crippen molar-refractivity contribution >= 4 is 27.2 Å². The number of rotatable bonds is 4. The fourth-order valence-corrected chi connectivity index (χ4v) is 3.56. The van der Waals surface area contributed by atoms with Crippen LogP contribution in [0.15, 0.2) is 36.0 Å². The highest BCUT2D eigenvalue weighted by Gasteiger charge is 2.17. The van der Waals surface area contributed by atoms with Gasteiger partial charge >= 0.3 is 0 Å². The van der Waals surface area contributed by atoms with Crippen LogP contribution in [0.3, 0.4) is 0 Å². The Balaban J connectivity index is 2.27. The zero-order chi connectivity index (χ0) is 14.8. The van der Waals surface area contributed by atoms with Crippen LogP contribution in [0.2, 0.25) is 0 Å².